The third-order valence-corrected chi connectivity index (χ3v) is 12.4. The zero-order chi connectivity index (χ0) is 57.1. The molecule has 0 radical (unpaired) electrons. The monoisotopic (exact) mass is 1080 g/mol. The molecule has 0 N–H and O–H groups in total. The van der Waals surface area contributed by atoms with E-state index in [1.165, 1.54) is 38.5 Å². The lowest BCUT2D eigenvalue weighted by Crippen LogP contribution is -2.30. The minimum Gasteiger partial charge on any atom is -0.462 e. The topological polar surface area (TPSA) is 78.9 Å². The highest BCUT2D eigenvalue weighted by molar-refractivity contribution is 5.71. The van der Waals surface area contributed by atoms with Crippen LogP contribution >= 0.6 is 0 Å². The van der Waals surface area contributed by atoms with E-state index in [0.29, 0.717) is 12.8 Å². The minimum absolute atomic E-state index is 0.122. The Morgan fingerprint density at radius 3 is 0.785 bits per heavy atom. The Bertz CT molecular complexity index is 1870. The first-order valence-electron chi connectivity index (χ1n) is 31.3. The lowest BCUT2D eigenvalue weighted by atomic mass is 10.1. The Balaban J connectivity index is 4.39. The molecule has 6 heteroatoms. The molecule has 79 heavy (non-hydrogen) atoms. The molecule has 0 amide bonds. The summed E-state index contributed by atoms with van der Waals surface area (Å²) >= 11 is 0. The number of rotatable bonds is 54. The van der Waals surface area contributed by atoms with E-state index in [-0.39, 0.29) is 44.0 Å². The maximum Gasteiger partial charge on any atom is 0.306 e. The van der Waals surface area contributed by atoms with Crippen molar-refractivity contribution in [1.29, 1.82) is 0 Å². The van der Waals surface area contributed by atoms with Gasteiger partial charge in [-0.1, -0.05) is 261 Å². The summed E-state index contributed by atoms with van der Waals surface area (Å²) in [6.45, 7) is 6.19. The van der Waals surface area contributed by atoms with Gasteiger partial charge in [-0.2, -0.15) is 0 Å². The number of allylic oxidation sites excluding steroid dienone is 30. The van der Waals surface area contributed by atoms with Gasteiger partial charge in [0.2, 0.25) is 0 Å². The van der Waals surface area contributed by atoms with E-state index >= 15 is 0 Å². The van der Waals surface area contributed by atoms with Gasteiger partial charge in [-0.15, -0.1) is 0 Å². The highest BCUT2D eigenvalue weighted by Crippen LogP contribution is 2.14. The van der Waals surface area contributed by atoms with Gasteiger partial charge in [-0.05, 0) is 141 Å². The molecule has 6 nitrogen and oxygen atoms in total. The van der Waals surface area contributed by atoms with Gasteiger partial charge in [0.05, 0.1) is 0 Å². The van der Waals surface area contributed by atoms with Gasteiger partial charge < -0.3 is 14.2 Å². The molecule has 0 aromatic heterocycles. The van der Waals surface area contributed by atoms with Crippen molar-refractivity contribution >= 4 is 17.9 Å². The maximum atomic E-state index is 12.9. The summed E-state index contributed by atoms with van der Waals surface area (Å²) in [6, 6.07) is 0. The maximum absolute atomic E-state index is 12.9. The van der Waals surface area contributed by atoms with Crippen LogP contribution in [0.2, 0.25) is 0 Å². The van der Waals surface area contributed by atoms with Crippen LogP contribution in [0, 0.1) is 0 Å². The number of esters is 3. The average Bonchev–Trinajstić information content (AvgIpc) is 3.45. The zero-order valence-electron chi connectivity index (χ0n) is 50.3. The summed E-state index contributed by atoms with van der Waals surface area (Å²) in [5, 5.41) is 0. The molecule has 0 aromatic carbocycles. The van der Waals surface area contributed by atoms with Crippen molar-refractivity contribution in [3.63, 3.8) is 0 Å². The first-order chi connectivity index (χ1) is 39.0. The van der Waals surface area contributed by atoms with Crippen molar-refractivity contribution in [3.8, 4) is 0 Å². The van der Waals surface area contributed by atoms with Gasteiger partial charge in [0.1, 0.15) is 13.2 Å². The van der Waals surface area contributed by atoms with E-state index in [2.05, 4.69) is 191 Å². The van der Waals surface area contributed by atoms with Gasteiger partial charge in [0, 0.05) is 19.3 Å². The van der Waals surface area contributed by atoms with Crippen LogP contribution in [0.1, 0.15) is 239 Å². The van der Waals surface area contributed by atoms with Crippen LogP contribution in [0.4, 0.5) is 0 Å². The summed E-state index contributed by atoms with van der Waals surface area (Å²) in [6.07, 6.45) is 97.7. The number of carbonyl (C=O) groups excluding carboxylic acids is 3. The minimum atomic E-state index is -0.833. The third-order valence-electron chi connectivity index (χ3n) is 12.4. The number of carbonyl (C=O) groups is 3. The summed E-state index contributed by atoms with van der Waals surface area (Å²) in [5.41, 5.74) is 0. The molecule has 0 heterocycles. The van der Waals surface area contributed by atoms with Crippen LogP contribution in [0.15, 0.2) is 182 Å². The van der Waals surface area contributed by atoms with Crippen LogP contribution in [-0.2, 0) is 28.6 Å². The fourth-order valence-corrected chi connectivity index (χ4v) is 7.84. The summed E-state index contributed by atoms with van der Waals surface area (Å²) in [5.74, 6) is -1.05. The van der Waals surface area contributed by atoms with E-state index in [1.807, 2.05) is 12.2 Å². The molecule has 1 unspecified atom stereocenters. The molecular formula is C73H112O6. The fraction of sp³-hybridized carbons (Fsp3) is 0.548. The highest BCUT2D eigenvalue weighted by atomic mass is 16.6. The van der Waals surface area contributed by atoms with E-state index in [0.717, 1.165) is 154 Å². The van der Waals surface area contributed by atoms with Gasteiger partial charge in [0.25, 0.3) is 0 Å². The van der Waals surface area contributed by atoms with Gasteiger partial charge in [-0.3, -0.25) is 14.4 Å². The SMILES string of the molecule is CC/C=C\C/C=C\C/C=C\C/C=C\C/C=C\C/C=C\C/C=C\CCCCCCCCCCCC(=O)OCC(COC(=O)CC/C=C\C/C=C\C/C=C\C/C=C\CC)OC(=O)CCCCCC/C=C\C/C=C\C/C=C\C/C=C\CC. The van der Waals surface area contributed by atoms with Gasteiger partial charge in [-0.25, -0.2) is 0 Å². The van der Waals surface area contributed by atoms with Crippen molar-refractivity contribution in [1.82, 2.24) is 0 Å². The Labute approximate surface area is 484 Å². The first kappa shape index (κ1) is 73.5. The summed E-state index contributed by atoms with van der Waals surface area (Å²) < 4.78 is 16.8. The Morgan fingerprint density at radius 1 is 0.253 bits per heavy atom. The highest BCUT2D eigenvalue weighted by Gasteiger charge is 2.19. The lowest BCUT2D eigenvalue weighted by molar-refractivity contribution is -0.166. The smallest absolute Gasteiger partial charge is 0.306 e. The second-order valence-electron chi connectivity index (χ2n) is 19.8. The van der Waals surface area contributed by atoms with E-state index < -0.39 is 6.10 Å². The zero-order valence-corrected chi connectivity index (χ0v) is 50.3. The summed E-state index contributed by atoms with van der Waals surface area (Å²) in [7, 11) is 0. The molecule has 0 rings (SSSR count). The van der Waals surface area contributed by atoms with Crippen LogP contribution in [0.5, 0.6) is 0 Å². The number of ether oxygens (including phenoxy) is 3. The van der Waals surface area contributed by atoms with Crippen molar-refractivity contribution in [2.24, 2.45) is 0 Å². The lowest BCUT2D eigenvalue weighted by Gasteiger charge is -2.18. The molecule has 0 bridgehead atoms. The molecule has 0 saturated carbocycles. The van der Waals surface area contributed by atoms with E-state index in [1.54, 1.807) is 0 Å². The van der Waals surface area contributed by atoms with Crippen molar-refractivity contribution in [2.45, 2.75) is 245 Å². The van der Waals surface area contributed by atoms with Crippen LogP contribution in [0.3, 0.4) is 0 Å². The molecule has 0 aliphatic heterocycles. The normalized spacial score (nSPS) is 13.4. The predicted octanol–water partition coefficient (Wildman–Crippen LogP) is 21.7. The fourth-order valence-electron chi connectivity index (χ4n) is 7.84. The predicted molar refractivity (Wildman–Crippen MR) is 343 cm³/mol. The van der Waals surface area contributed by atoms with Crippen molar-refractivity contribution in [3.05, 3.63) is 182 Å². The van der Waals surface area contributed by atoms with E-state index in [9.17, 15) is 14.4 Å². The number of hydrogen-bond donors (Lipinski definition) is 0. The average molecular weight is 1090 g/mol. The van der Waals surface area contributed by atoms with Crippen molar-refractivity contribution < 1.29 is 28.6 Å². The molecule has 0 aliphatic rings. The second-order valence-corrected chi connectivity index (χ2v) is 19.8. The molecular weight excluding hydrogens is 973 g/mol. The molecule has 0 aromatic rings. The largest absolute Gasteiger partial charge is 0.462 e. The van der Waals surface area contributed by atoms with Crippen LogP contribution in [0.25, 0.3) is 0 Å². The molecule has 0 fully saturated rings. The van der Waals surface area contributed by atoms with Gasteiger partial charge in [0.15, 0.2) is 6.10 Å². The third kappa shape index (κ3) is 63.2. The second kappa shape index (κ2) is 65.0. The Kier molecular flexibility index (Phi) is 60.5. The first-order valence-corrected chi connectivity index (χ1v) is 31.3. The molecule has 1 atom stereocenters. The van der Waals surface area contributed by atoms with Crippen LogP contribution < -0.4 is 0 Å². The van der Waals surface area contributed by atoms with Gasteiger partial charge >= 0.3 is 17.9 Å². The Morgan fingerprint density at radius 2 is 0.481 bits per heavy atom. The quantitative estimate of drug-likeness (QED) is 0.0261. The number of hydrogen-bond acceptors (Lipinski definition) is 6. The van der Waals surface area contributed by atoms with Crippen LogP contribution in [-0.4, -0.2) is 37.2 Å². The van der Waals surface area contributed by atoms with E-state index in [4.69, 9.17) is 14.2 Å². The molecule has 440 valence electrons. The molecule has 0 spiro atoms. The standard InChI is InChI=1S/C73H112O6/c1-4-7-10-13-16-19-22-25-27-29-30-31-32-33-34-35-36-37-38-39-40-41-42-44-45-48-51-54-57-60-63-66-72(75)78-69-70(68-77-71(74)65-62-59-56-53-50-47-24-21-18-15-12-9-6-3)79-73(76)67-64-61-58-55-52-49-46-43-28-26-23-20-17-14-11-8-5-2/h7-12,16-21,25-28,30-31,33-34,36-37,39-40,46-47,49-50,56,59,70H,4-6,13-15,22-24,29,32,35,38,41-45,48,51-55,57-58,60-69H2,1-3H3/b10-7-,11-8-,12-9-,19-16-,20-17-,21-18-,27-25-,28-26-,31-30-,34-33-,37-36-,40-39-,49-46-,50-47-,59-56-. The summed E-state index contributed by atoms with van der Waals surface area (Å²) in [4.78, 5) is 38.2. The number of unbranched alkanes of at least 4 members (excludes halogenated alkanes) is 13. The Hall–Kier alpha value is -5.49. The molecule has 0 aliphatic carbocycles. The molecule has 0 saturated heterocycles. The van der Waals surface area contributed by atoms with Crippen molar-refractivity contribution in [2.75, 3.05) is 13.2 Å².